The van der Waals surface area contributed by atoms with E-state index in [2.05, 4.69) is 4.98 Å². The maximum Gasteiger partial charge on any atom is 0.165 e. The molecule has 0 saturated carbocycles. The molecule has 0 aliphatic rings. The SMILES string of the molecule is COC(C)(C)CCC(=O)c1cccc2cccnc12. The number of rotatable bonds is 5. The number of para-hydroxylation sites is 1. The number of carbonyl (C=O) groups excluding carboxylic acids is 1. The van der Waals surface area contributed by atoms with Gasteiger partial charge in [-0.1, -0.05) is 18.2 Å². The van der Waals surface area contributed by atoms with Crippen LogP contribution >= 0.6 is 0 Å². The summed E-state index contributed by atoms with van der Waals surface area (Å²) in [5, 5.41) is 0.999. The Balaban J connectivity index is 2.23. The highest BCUT2D eigenvalue weighted by atomic mass is 16.5. The Morgan fingerprint density at radius 2 is 2.00 bits per heavy atom. The van der Waals surface area contributed by atoms with Gasteiger partial charge in [0, 0.05) is 30.7 Å². The third-order valence-electron chi connectivity index (χ3n) is 3.44. The zero-order valence-electron chi connectivity index (χ0n) is 11.6. The maximum absolute atomic E-state index is 12.3. The van der Waals surface area contributed by atoms with Crippen molar-refractivity contribution in [3.8, 4) is 0 Å². The molecular formula is C16H19NO2. The van der Waals surface area contributed by atoms with Crippen LogP contribution < -0.4 is 0 Å². The second-order valence-electron chi connectivity index (χ2n) is 5.27. The summed E-state index contributed by atoms with van der Waals surface area (Å²) in [5.41, 5.74) is 1.21. The minimum Gasteiger partial charge on any atom is -0.379 e. The van der Waals surface area contributed by atoms with E-state index in [1.807, 2.05) is 44.2 Å². The number of benzene rings is 1. The number of Topliss-reactive ketones (excluding diaryl/α,β-unsaturated/α-hetero) is 1. The number of hydrogen-bond donors (Lipinski definition) is 0. The Hall–Kier alpha value is -1.74. The Bertz CT molecular complexity index is 585. The van der Waals surface area contributed by atoms with Crippen molar-refractivity contribution < 1.29 is 9.53 Å². The van der Waals surface area contributed by atoms with E-state index < -0.39 is 0 Å². The van der Waals surface area contributed by atoms with Gasteiger partial charge in [-0.05, 0) is 32.4 Å². The fourth-order valence-corrected chi connectivity index (χ4v) is 1.98. The number of hydrogen-bond acceptors (Lipinski definition) is 3. The van der Waals surface area contributed by atoms with Gasteiger partial charge in [-0.3, -0.25) is 9.78 Å². The highest BCUT2D eigenvalue weighted by Crippen LogP contribution is 2.21. The molecule has 0 radical (unpaired) electrons. The molecule has 1 aromatic carbocycles. The first-order valence-corrected chi connectivity index (χ1v) is 6.45. The second kappa shape index (κ2) is 5.49. The summed E-state index contributed by atoms with van der Waals surface area (Å²) >= 11 is 0. The van der Waals surface area contributed by atoms with Crippen LogP contribution in [-0.4, -0.2) is 23.5 Å². The molecule has 2 rings (SSSR count). The van der Waals surface area contributed by atoms with Crippen molar-refractivity contribution in [2.75, 3.05) is 7.11 Å². The lowest BCUT2D eigenvalue weighted by atomic mass is 9.96. The molecule has 1 heterocycles. The number of pyridine rings is 1. The monoisotopic (exact) mass is 257 g/mol. The smallest absolute Gasteiger partial charge is 0.165 e. The summed E-state index contributed by atoms with van der Waals surface area (Å²) in [7, 11) is 1.67. The number of fused-ring (bicyclic) bond motifs is 1. The van der Waals surface area contributed by atoms with E-state index in [1.165, 1.54) is 0 Å². The Labute approximate surface area is 113 Å². The van der Waals surface area contributed by atoms with Crippen molar-refractivity contribution in [3.05, 3.63) is 42.1 Å². The lowest BCUT2D eigenvalue weighted by molar-refractivity contribution is 0.0142. The van der Waals surface area contributed by atoms with Crippen LogP contribution in [0.3, 0.4) is 0 Å². The van der Waals surface area contributed by atoms with E-state index >= 15 is 0 Å². The van der Waals surface area contributed by atoms with E-state index in [-0.39, 0.29) is 11.4 Å². The molecule has 0 atom stereocenters. The van der Waals surface area contributed by atoms with Crippen LogP contribution in [0, 0.1) is 0 Å². The van der Waals surface area contributed by atoms with Gasteiger partial charge in [0.2, 0.25) is 0 Å². The molecule has 2 aromatic rings. The minimum atomic E-state index is -0.270. The van der Waals surface area contributed by atoms with Gasteiger partial charge in [-0.2, -0.15) is 0 Å². The highest BCUT2D eigenvalue weighted by molar-refractivity contribution is 6.06. The molecular weight excluding hydrogens is 238 g/mol. The molecule has 1 aromatic heterocycles. The molecule has 0 bridgehead atoms. The van der Waals surface area contributed by atoms with Gasteiger partial charge in [0.1, 0.15) is 0 Å². The third-order valence-corrected chi connectivity index (χ3v) is 3.44. The van der Waals surface area contributed by atoms with Crippen molar-refractivity contribution >= 4 is 16.7 Å². The van der Waals surface area contributed by atoms with Gasteiger partial charge in [0.15, 0.2) is 5.78 Å². The number of carbonyl (C=O) groups is 1. The van der Waals surface area contributed by atoms with Gasteiger partial charge in [-0.25, -0.2) is 0 Å². The van der Waals surface area contributed by atoms with E-state index in [1.54, 1.807) is 13.3 Å². The van der Waals surface area contributed by atoms with Crippen molar-refractivity contribution in [3.63, 3.8) is 0 Å². The van der Waals surface area contributed by atoms with Gasteiger partial charge in [-0.15, -0.1) is 0 Å². The van der Waals surface area contributed by atoms with Crippen LogP contribution in [0.2, 0.25) is 0 Å². The van der Waals surface area contributed by atoms with Crippen LogP contribution in [0.15, 0.2) is 36.5 Å². The molecule has 0 aliphatic carbocycles. The lowest BCUT2D eigenvalue weighted by Gasteiger charge is -2.22. The minimum absolute atomic E-state index is 0.120. The molecule has 0 saturated heterocycles. The van der Waals surface area contributed by atoms with Crippen LogP contribution in [0.4, 0.5) is 0 Å². The van der Waals surface area contributed by atoms with Crippen molar-refractivity contribution in [2.45, 2.75) is 32.3 Å². The first kappa shape index (κ1) is 13.7. The molecule has 3 nitrogen and oxygen atoms in total. The molecule has 0 amide bonds. The Morgan fingerprint density at radius 1 is 1.26 bits per heavy atom. The predicted octanol–water partition coefficient (Wildman–Crippen LogP) is 3.62. The topological polar surface area (TPSA) is 39.2 Å². The normalized spacial score (nSPS) is 11.7. The van der Waals surface area contributed by atoms with E-state index in [0.29, 0.717) is 18.4 Å². The fraction of sp³-hybridized carbons (Fsp3) is 0.375. The first-order valence-electron chi connectivity index (χ1n) is 6.45. The number of methoxy groups -OCH3 is 1. The molecule has 0 N–H and O–H groups in total. The number of nitrogens with zero attached hydrogens (tertiary/aromatic N) is 1. The average molecular weight is 257 g/mol. The number of aromatic nitrogens is 1. The van der Waals surface area contributed by atoms with Gasteiger partial charge in [0.25, 0.3) is 0 Å². The largest absolute Gasteiger partial charge is 0.379 e. The molecule has 19 heavy (non-hydrogen) atoms. The standard InChI is InChI=1S/C16H19NO2/c1-16(2,19-3)10-9-14(18)13-8-4-6-12-7-5-11-17-15(12)13/h4-8,11H,9-10H2,1-3H3. The maximum atomic E-state index is 12.3. The van der Waals surface area contributed by atoms with E-state index in [9.17, 15) is 4.79 Å². The average Bonchev–Trinajstić information content (AvgIpc) is 2.44. The van der Waals surface area contributed by atoms with Crippen LogP contribution in [0.5, 0.6) is 0 Å². The van der Waals surface area contributed by atoms with Crippen molar-refractivity contribution in [2.24, 2.45) is 0 Å². The van der Waals surface area contributed by atoms with Gasteiger partial charge in [0.05, 0.1) is 11.1 Å². The summed E-state index contributed by atoms with van der Waals surface area (Å²) in [4.78, 5) is 16.6. The van der Waals surface area contributed by atoms with Crippen LogP contribution in [0.1, 0.15) is 37.0 Å². The Kier molecular flexibility index (Phi) is 3.96. The summed E-state index contributed by atoms with van der Waals surface area (Å²) in [6, 6.07) is 9.57. The first-order chi connectivity index (χ1) is 9.03. The molecule has 0 spiro atoms. The number of ether oxygens (including phenoxy) is 1. The molecule has 0 aliphatic heterocycles. The molecule has 3 heteroatoms. The second-order valence-corrected chi connectivity index (χ2v) is 5.27. The molecule has 0 fully saturated rings. The van der Waals surface area contributed by atoms with E-state index in [4.69, 9.17) is 4.74 Å². The molecule has 0 unspecified atom stereocenters. The number of ketones is 1. The quantitative estimate of drug-likeness (QED) is 0.768. The zero-order valence-corrected chi connectivity index (χ0v) is 11.6. The van der Waals surface area contributed by atoms with Gasteiger partial charge < -0.3 is 4.74 Å². The van der Waals surface area contributed by atoms with Crippen LogP contribution in [0.25, 0.3) is 10.9 Å². The zero-order chi connectivity index (χ0) is 13.9. The third kappa shape index (κ3) is 3.18. The van der Waals surface area contributed by atoms with E-state index in [0.717, 1.165) is 10.9 Å². The Morgan fingerprint density at radius 3 is 2.74 bits per heavy atom. The highest BCUT2D eigenvalue weighted by Gasteiger charge is 2.19. The van der Waals surface area contributed by atoms with Crippen molar-refractivity contribution in [1.82, 2.24) is 4.98 Å². The lowest BCUT2D eigenvalue weighted by Crippen LogP contribution is -2.23. The summed E-state index contributed by atoms with van der Waals surface area (Å²) < 4.78 is 5.34. The molecule has 100 valence electrons. The predicted molar refractivity (Wildman–Crippen MR) is 76.4 cm³/mol. The summed E-state index contributed by atoms with van der Waals surface area (Å²) in [6.45, 7) is 3.98. The van der Waals surface area contributed by atoms with Gasteiger partial charge >= 0.3 is 0 Å². The summed E-state index contributed by atoms with van der Waals surface area (Å²) in [5.74, 6) is 0.120. The fourth-order valence-electron chi connectivity index (χ4n) is 1.98. The van der Waals surface area contributed by atoms with Crippen LogP contribution in [-0.2, 0) is 4.74 Å². The van der Waals surface area contributed by atoms with Crippen molar-refractivity contribution in [1.29, 1.82) is 0 Å². The summed E-state index contributed by atoms with van der Waals surface area (Å²) in [6.07, 6.45) is 2.89.